The first-order valence-electron chi connectivity index (χ1n) is 7.11. The number of hydrogen-bond donors (Lipinski definition) is 1. The van der Waals surface area contributed by atoms with Gasteiger partial charge in [-0.2, -0.15) is 0 Å². The summed E-state index contributed by atoms with van der Waals surface area (Å²) in [5, 5.41) is 5.89. The monoisotopic (exact) mass is 396 g/mol. The Morgan fingerprint density at radius 2 is 1.91 bits per heavy atom. The quantitative estimate of drug-likeness (QED) is 0.808. The van der Waals surface area contributed by atoms with Gasteiger partial charge in [-0.1, -0.05) is 23.7 Å². The summed E-state index contributed by atoms with van der Waals surface area (Å²) in [4.78, 5) is 3.45. The van der Waals surface area contributed by atoms with E-state index in [2.05, 4.69) is 16.3 Å². The van der Waals surface area contributed by atoms with Gasteiger partial charge in [0, 0.05) is 41.6 Å². The standard InChI is InChI=1S/C16H18ClFN2S.2ClH/c1-11-4-5-12(17)14(15(11)18)16(13-3-2-10-21-13)20-8-6-19-7-9-20;;/h2-5,10,16,19H,6-9H2,1H3;2*1H/t16-;;/m1../s1. The normalized spacial score (nSPS) is 16.3. The molecule has 23 heavy (non-hydrogen) atoms. The van der Waals surface area contributed by atoms with Crippen LogP contribution >= 0.6 is 47.8 Å². The van der Waals surface area contributed by atoms with Gasteiger partial charge < -0.3 is 5.32 Å². The predicted octanol–water partition coefficient (Wildman–Crippen LogP) is 4.69. The van der Waals surface area contributed by atoms with Crippen molar-refractivity contribution in [2.45, 2.75) is 13.0 Å². The third kappa shape index (κ3) is 4.38. The zero-order valence-corrected chi connectivity index (χ0v) is 15.9. The highest BCUT2D eigenvalue weighted by Crippen LogP contribution is 2.38. The lowest BCUT2D eigenvalue weighted by Crippen LogP contribution is -2.45. The van der Waals surface area contributed by atoms with Crippen LogP contribution in [-0.4, -0.2) is 31.1 Å². The summed E-state index contributed by atoms with van der Waals surface area (Å²) >= 11 is 8.01. The summed E-state index contributed by atoms with van der Waals surface area (Å²) in [6.07, 6.45) is 0. The van der Waals surface area contributed by atoms with Gasteiger partial charge in [-0.05, 0) is 30.0 Å². The van der Waals surface area contributed by atoms with Crippen LogP contribution < -0.4 is 5.32 Å². The van der Waals surface area contributed by atoms with Crippen molar-refractivity contribution >= 4 is 47.8 Å². The van der Waals surface area contributed by atoms with Gasteiger partial charge in [-0.15, -0.1) is 36.2 Å². The number of thiophene rings is 1. The lowest BCUT2D eigenvalue weighted by atomic mass is 9.99. The van der Waals surface area contributed by atoms with Crippen molar-refractivity contribution in [3.05, 3.63) is 56.5 Å². The maximum Gasteiger partial charge on any atom is 0.132 e. The van der Waals surface area contributed by atoms with Crippen molar-refractivity contribution in [1.82, 2.24) is 10.2 Å². The molecular formula is C16H20Cl3FN2S. The molecule has 0 aliphatic carbocycles. The summed E-state index contributed by atoms with van der Waals surface area (Å²) < 4.78 is 14.7. The summed E-state index contributed by atoms with van der Waals surface area (Å²) in [5.74, 6) is -0.181. The van der Waals surface area contributed by atoms with Crippen LogP contribution in [-0.2, 0) is 0 Å². The maximum absolute atomic E-state index is 14.7. The number of hydrogen-bond acceptors (Lipinski definition) is 3. The average molecular weight is 398 g/mol. The molecule has 0 spiro atoms. The van der Waals surface area contributed by atoms with Gasteiger partial charge in [-0.25, -0.2) is 4.39 Å². The SMILES string of the molecule is Cc1ccc(Cl)c([C@@H](c2cccs2)N2CCNCC2)c1F.Cl.Cl. The molecule has 1 aromatic carbocycles. The Kier molecular flexibility index (Phi) is 8.28. The fraction of sp³-hybridized carbons (Fsp3) is 0.375. The maximum atomic E-state index is 14.7. The molecule has 1 aromatic heterocycles. The summed E-state index contributed by atoms with van der Waals surface area (Å²) in [7, 11) is 0. The molecule has 1 N–H and O–H groups in total. The lowest BCUT2D eigenvalue weighted by Gasteiger charge is -2.35. The number of halogens is 4. The fourth-order valence-corrected chi connectivity index (χ4v) is 3.94. The van der Waals surface area contributed by atoms with Gasteiger partial charge in [0.1, 0.15) is 5.82 Å². The number of nitrogens with one attached hydrogen (secondary N) is 1. The average Bonchev–Trinajstić information content (AvgIpc) is 3.02. The van der Waals surface area contributed by atoms with Crippen LogP contribution in [0.2, 0.25) is 5.02 Å². The molecule has 2 aromatic rings. The Bertz CT molecular complexity index is 616. The van der Waals surface area contributed by atoms with Crippen molar-refractivity contribution in [3.8, 4) is 0 Å². The molecule has 1 atom stereocenters. The Morgan fingerprint density at radius 3 is 2.52 bits per heavy atom. The fourth-order valence-electron chi connectivity index (χ4n) is 2.82. The molecule has 7 heteroatoms. The molecule has 0 unspecified atom stereocenters. The summed E-state index contributed by atoms with van der Waals surface area (Å²) in [6.45, 7) is 5.43. The van der Waals surface area contributed by atoms with Crippen molar-refractivity contribution in [2.24, 2.45) is 0 Å². The van der Waals surface area contributed by atoms with Crippen molar-refractivity contribution < 1.29 is 4.39 Å². The van der Waals surface area contributed by atoms with E-state index in [4.69, 9.17) is 11.6 Å². The smallest absolute Gasteiger partial charge is 0.132 e. The summed E-state index contributed by atoms with van der Waals surface area (Å²) in [6, 6.07) is 7.52. The van der Waals surface area contributed by atoms with Crippen LogP contribution in [0.1, 0.15) is 22.0 Å². The van der Waals surface area contributed by atoms with Crippen LogP contribution in [0.15, 0.2) is 29.6 Å². The van der Waals surface area contributed by atoms with Gasteiger partial charge in [0.15, 0.2) is 0 Å². The number of nitrogens with zero attached hydrogens (tertiary/aromatic N) is 1. The van der Waals surface area contributed by atoms with Crippen molar-refractivity contribution in [1.29, 1.82) is 0 Å². The first-order chi connectivity index (χ1) is 10.2. The second-order valence-corrected chi connectivity index (χ2v) is 6.68. The van der Waals surface area contributed by atoms with E-state index in [-0.39, 0.29) is 36.7 Å². The van der Waals surface area contributed by atoms with Crippen LogP contribution in [0.3, 0.4) is 0 Å². The molecule has 1 saturated heterocycles. The molecule has 2 nitrogen and oxygen atoms in total. The van der Waals surface area contributed by atoms with Crippen molar-refractivity contribution in [3.63, 3.8) is 0 Å². The predicted molar refractivity (Wildman–Crippen MR) is 101 cm³/mol. The van der Waals surface area contributed by atoms with E-state index in [0.717, 1.165) is 31.1 Å². The molecule has 0 saturated carbocycles. The second-order valence-electron chi connectivity index (χ2n) is 5.30. The van der Waals surface area contributed by atoms with E-state index in [0.29, 0.717) is 16.1 Å². The summed E-state index contributed by atoms with van der Waals surface area (Å²) in [5.41, 5.74) is 1.26. The Balaban J connectivity index is 0.00000132. The van der Waals surface area contributed by atoms with E-state index in [1.807, 2.05) is 11.4 Å². The Labute approximate surface area is 157 Å². The zero-order chi connectivity index (χ0) is 14.8. The third-order valence-electron chi connectivity index (χ3n) is 3.92. The Morgan fingerprint density at radius 1 is 1.22 bits per heavy atom. The van der Waals surface area contributed by atoms with Crippen molar-refractivity contribution in [2.75, 3.05) is 26.2 Å². The molecule has 1 fully saturated rings. The molecular weight excluding hydrogens is 378 g/mol. The number of rotatable bonds is 3. The minimum atomic E-state index is -0.181. The molecule has 0 bridgehead atoms. The van der Waals surface area contributed by atoms with Crippen LogP contribution in [0, 0.1) is 12.7 Å². The van der Waals surface area contributed by atoms with Gasteiger partial charge >= 0.3 is 0 Å². The minimum Gasteiger partial charge on any atom is -0.314 e. The van der Waals surface area contributed by atoms with E-state index in [1.54, 1.807) is 30.4 Å². The molecule has 1 aliphatic rings. The van der Waals surface area contributed by atoms with E-state index >= 15 is 0 Å². The highest BCUT2D eigenvalue weighted by atomic mass is 35.5. The topological polar surface area (TPSA) is 15.3 Å². The van der Waals surface area contributed by atoms with E-state index < -0.39 is 0 Å². The zero-order valence-electron chi connectivity index (χ0n) is 12.7. The van der Waals surface area contributed by atoms with Crippen LogP contribution in [0.25, 0.3) is 0 Å². The first-order valence-corrected chi connectivity index (χ1v) is 8.37. The third-order valence-corrected chi connectivity index (χ3v) is 5.18. The molecule has 0 amide bonds. The lowest BCUT2D eigenvalue weighted by molar-refractivity contribution is 0.197. The first kappa shape index (κ1) is 20.7. The minimum absolute atomic E-state index is 0. The van der Waals surface area contributed by atoms with Gasteiger partial charge in [0.05, 0.1) is 6.04 Å². The molecule has 2 heterocycles. The van der Waals surface area contributed by atoms with Gasteiger partial charge in [-0.3, -0.25) is 4.90 Å². The molecule has 0 radical (unpaired) electrons. The molecule has 1 aliphatic heterocycles. The largest absolute Gasteiger partial charge is 0.314 e. The number of benzene rings is 1. The Hall–Kier alpha value is -0.360. The van der Waals surface area contributed by atoms with Crippen LogP contribution in [0.4, 0.5) is 4.39 Å². The van der Waals surface area contributed by atoms with E-state index in [1.165, 1.54) is 0 Å². The highest BCUT2D eigenvalue weighted by molar-refractivity contribution is 7.10. The van der Waals surface area contributed by atoms with E-state index in [9.17, 15) is 4.39 Å². The molecule has 128 valence electrons. The van der Waals surface area contributed by atoms with Crippen LogP contribution in [0.5, 0.6) is 0 Å². The second kappa shape index (κ2) is 9.21. The number of aryl methyl sites for hydroxylation is 1. The van der Waals surface area contributed by atoms with Gasteiger partial charge in [0.2, 0.25) is 0 Å². The number of piperazine rings is 1. The highest BCUT2D eigenvalue weighted by Gasteiger charge is 2.29. The molecule has 3 rings (SSSR count). The van der Waals surface area contributed by atoms with Gasteiger partial charge in [0.25, 0.3) is 0 Å².